The Morgan fingerprint density at radius 1 is 1.18 bits per heavy atom. The van der Waals surface area contributed by atoms with Gasteiger partial charge >= 0.3 is 5.97 Å². The van der Waals surface area contributed by atoms with E-state index in [0.717, 1.165) is 0 Å². The van der Waals surface area contributed by atoms with Crippen molar-refractivity contribution in [1.29, 1.82) is 0 Å². The van der Waals surface area contributed by atoms with E-state index in [2.05, 4.69) is 10.6 Å². The Labute approximate surface area is 133 Å². The molecule has 0 bridgehead atoms. The highest BCUT2D eigenvalue weighted by Gasteiger charge is 2.24. The number of carbonyl (C=O) groups is 3. The predicted octanol–water partition coefficient (Wildman–Crippen LogP) is 1.13. The van der Waals surface area contributed by atoms with Crippen molar-refractivity contribution in [1.82, 2.24) is 10.6 Å². The molecule has 2 amide bonds. The highest BCUT2D eigenvalue weighted by molar-refractivity contribution is 7.98. The van der Waals surface area contributed by atoms with Gasteiger partial charge < -0.3 is 15.7 Å². The fourth-order valence-corrected chi connectivity index (χ4v) is 2.18. The number of carboxylic acids is 1. The minimum atomic E-state index is -1.12. The van der Waals surface area contributed by atoms with Gasteiger partial charge in [0, 0.05) is 5.56 Å². The molecular weight excluding hydrogens is 304 g/mol. The molecular formula is C15H20N2O4S. The smallest absolute Gasteiger partial charge is 0.325 e. The maximum atomic E-state index is 12.1. The summed E-state index contributed by atoms with van der Waals surface area (Å²) in [5, 5.41) is 13.9. The molecule has 0 aliphatic heterocycles. The largest absolute Gasteiger partial charge is 0.480 e. The van der Waals surface area contributed by atoms with Gasteiger partial charge in [0.15, 0.2) is 0 Å². The minimum absolute atomic E-state index is 0.357. The third kappa shape index (κ3) is 5.77. The van der Waals surface area contributed by atoms with Crippen LogP contribution in [0.1, 0.15) is 23.7 Å². The van der Waals surface area contributed by atoms with Crippen molar-refractivity contribution in [3.05, 3.63) is 35.9 Å². The summed E-state index contributed by atoms with van der Waals surface area (Å²) in [4.78, 5) is 35.1. The summed E-state index contributed by atoms with van der Waals surface area (Å²) in [5.74, 6) is -1.29. The van der Waals surface area contributed by atoms with Crippen LogP contribution in [0.15, 0.2) is 30.3 Å². The van der Waals surface area contributed by atoms with E-state index in [1.807, 2.05) is 6.26 Å². The highest BCUT2D eigenvalue weighted by Crippen LogP contribution is 2.04. The molecule has 1 aromatic carbocycles. The van der Waals surface area contributed by atoms with Crippen molar-refractivity contribution in [2.45, 2.75) is 25.4 Å². The van der Waals surface area contributed by atoms with Crippen LogP contribution >= 0.6 is 11.8 Å². The lowest BCUT2D eigenvalue weighted by Crippen LogP contribution is -2.51. The number of hydrogen-bond donors (Lipinski definition) is 3. The fourth-order valence-electron chi connectivity index (χ4n) is 1.71. The normalized spacial score (nSPS) is 13.0. The molecule has 0 fully saturated rings. The Morgan fingerprint density at radius 2 is 1.82 bits per heavy atom. The molecule has 2 atom stereocenters. The van der Waals surface area contributed by atoms with Gasteiger partial charge in [0.1, 0.15) is 12.1 Å². The quantitative estimate of drug-likeness (QED) is 0.666. The van der Waals surface area contributed by atoms with E-state index in [0.29, 0.717) is 17.7 Å². The van der Waals surface area contributed by atoms with Crippen molar-refractivity contribution in [3.8, 4) is 0 Å². The number of carbonyl (C=O) groups excluding carboxylic acids is 2. The van der Waals surface area contributed by atoms with E-state index >= 15 is 0 Å². The zero-order valence-corrected chi connectivity index (χ0v) is 13.4. The molecule has 6 nitrogen and oxygen atoms in total. The van der Waals surface area contributed by atoms with E-state index in [1.165, 1.54) is 6.92 Å². The van der Waals surface area contributed by atoms with Gasteiger partial charge in [0.2, 0.25) is 5.91 Å². The van der Waals surface area contributed by atoms with E-state index in [1.54, 1.807) is 42.1 Å². The Hall–Kier alpha value is -2.02. The lowest BCUT2D eigenvalue weighted by Gasteiger charge is -2.19. The van der Waals surface area contributed by atoms with Gasteiger partial charge in [-0.15, -0.1) is 0 Å². The molecule has 3 N–H and O–H groups in total. The molecule has 0 spiro atoms. The predicted molar refractivity (Wildman–Crippen MR) is 85.9 cm³/mol. The molecule has 0 aliphatic carbocycles. The average Bonchev–Trinajstić information content (AvgIpc) is 2.51. The van der Waals surface area contributed by atoms with Gasteiger partial charge in [-0.1, -0.05) is 18.2 Å². The summed E-state index contributed by atoms with van der Waals surface area (Å²) in [5.41, 5.74) is 0.454. The number of carboxylic acid groups (broad SMARTS) is 1. The highest BCUT2D eigenvalue weighted by atomic mass is 32.2. The topological polar surface area (TPSA) is 95.5 Å². The Kier molecular flexibility index (Phi) is 7.45. The van der Waals surface area contributed by atoms with Crippen molar-refractivity contribution in [2.75, 3.05) is 12.0 Å². The van der Waals surface area contributed by atoms with E-state index in [9.17, 15) is 14.4 Å². The summed E-state index contributed by atoms with van der Waals surface area (Å²) in [6.07, 6.45) is 2.33. The summed E-state index contributed by atoms with van der Waals surface area (Å²) < 4.78 is 0. The minimum Gasteiger partial charge on any atom is -0.480 e. The third-order valence-electron chi connectivity index (χ3n) is 3.00. The number of hydrogen-bond acceptors (Lipinski definition) is 4. The first kappa shape index (κ1) is 18.0. The zero-order valence-electron chi connectivity index (χ0n) is 12.5. The molecule has 0 aliphatic rings. The van der Waals surface area contributed by atoms with Crippen LogP contribution in [0.4, 0.5) is 0 Å². The average molecular weight is 324 g/mol. The summed E-state index contributed by atoms with van der Waals surface area (Å²) in [7, 11) is 0. The number of rotatable bonds is 8. The zero-order chi connectivity index (χ0) is 16.5. The molecule has 1 unspecified atom stereocenters. The first-order chi connectivity index (χ1) is 10.5. The third-order valence-corrected chi connectivity index (χ3v) is 3.64. The fraction of sp³-hybridized carbons (Fsp3) is 0.400. The van der Waals surface area contributed by atoms with Gasteiger partial charge in [-0.05, 0) is 37.5 Å². The van der Waals surface area contributed by atoms with Crippen LogP contribution in [0.25, 0.3) is 0 Å². The molecule has 1 aromatic rings. The molecule has 1 rings (SSSR count). The number of benzene rings is 1. The molecule has 22 heavy (non-hydrogen) atoms. The summed E-state index contributed by atoms with van der Waals surface area (Å²) >= 11 is 1.55. The van der Waals surface area contributed by atoms with Gasteiger partial charge in [-0.2, -0.15) is 11.8 Å². The molecule has 0 saturated carbocycles. The van der Waals surface area contributed by atoms with Crippen LogP contribution in [0.2, 0.25) is 0 Å². The molecule has 7 heteroatoms. The Morgan fingerprint density at radius 3 is 2.36 bits per heavy atom. The molecule has 0 radical (unpaired) electrons. The SMILES string of the molecule is CSCCC(NC(=O)c1ccccc1)C(=O)N[C@H](C)C(=O)O. The van der Waals surface area contributed by atoms with E-state index in [-0.39, 0.29) is 5.91 Å². The summed E-state index contributed by atoms with van der Waals surface area (Å²) in [6.45, 7) is 1.38. The van der Waals surface area contributed by atoms with Crippen LogP contribution < -0.4 is 10.6 Å². The van der Waals surface area contributed by atoms with Crippen LogP contribution in [0.3, 0.4) is 0 Å². The van der Waals surface area contributed by atoms with Crippen molar-refractivity contribution in [2.24, 2.45) is 0 Å². The van der Waals surface area contributed by atoms with Crippen LogP contribution in [-0.2, 0) is 9.59 Å². The second-order valence-electron chi connectivity index (χ2n) is 4.74. The monoisotopic (exact) mass is 324 g/mol. The van der Waals surface area contributed by atoms with Gasteiger partial charge in [0.05, 0.1) is 0 Å². The number of aliphatic carboxylic acids is 1. The van der Waals surface area contributed by atoms with Crippen LogP contribution in [-0.4, -0.2) is 47.0 Å². The molecule has 0 aromatic heterocycles. The van der Waals surface area contributed by atoms with Crippen molar-refractivity contribution < 1.29 is 19.5 Å². The molecule has 0 saturated heterocycles. The van der Waals surface area contributed by atoms with Crippen molar-refractivity contribution in [3.63, 3.8) is 0 Å². The summed E-state index contributed by atoms with van der Waals surface area (Å²) in [6, 6.07) is 6.80. The number of amides is 2. The standard InChI is InChI=1S/C15H20N2O4S/c1-10(15(20)21)16-14(19)12(8-9-22-2)17-13(18)11-6-4-3-5-7-11/h3-7,10,12H,8-9H2,1-2H3,(H,16,19)(H,17,18)(H,20,21)/t10-,12?/m1/s1. The Balaban J connectivity index is 2.73. The van der Waals surface area contributed by atoms with Gasteiger partial charge in [-0.25, -0.2) is 0 Å². The van der Waals surface area contributed by atoms with E-state index < -0.39 is 24.0 Å². The lowest BCUT2D eigenvalue weighted by molar-refractivity contribution is -0.141. The van der Waals surface area contributed by atoms with Crippen LogP contribution in [0, 0.1) is 0 Å². The van der Waals surface area contributed by atoms with Gasteiger partial charge in [-0.3, -0.25) is 14.4 Å². The maximum Gasteiger partial charge on any atom is 0.325 e. The lowest BCUT2D eigenvalue weighted by atomic mass is 10.1. The number of nitrogens with one attached hydrogen (secondary N) is 2. The van der Waals surface area contributed by atoms with E-state index in [4.69, 9.17) is 5.11 Å². The first-order valence-corrected chi connectivity index (χ1v) is 8.23. The van der Waals surface area contributed by atoms with Gasteiger partial charge in [0.25, 0.3) is 5.91 Å². The van der Waals surface area contributed by atoms with Crippen molar-refractivity contribution >= 4 is 29.5 Å². The second-order valence-corrected chi connectivity index (χ2v) is 5.73. The molecule has 120 valence electrons. The maximum absolute atomic E-state index is 12.1. The number of thioether (sulfide) groups is 1. The Bertz CT molecular complexity index is 522. The second kappa shape index (κ2) is 9.09. The first-order valence-electron chi connectivity index (χ1n) is 6.83. The molecule has 0 heterocycles. The van der Waals surface area contributed by atoms with Crippen LogP contribution in [0.5, 0.6) is 0 Å².